The Balaban J connectivity index is 1.59. The number of nitrogens with one attached hydrogen (secondary N) is 2. The highest BCUT2D eigenvalue weighted by Crippen LogP contribution is 2.35. The Kier molecular flexibility index (Phi) is 5.90. The Morgan fingerprint density at radius 1 is 1.00 bits per heavy atom. The van der Waals surface area contributed by atoms with Crippen LogP contribution in [0.25, 0.3) is 11.4 Å². The number of aryl methyl sites for hydroxylation is 1. The van der Waals surface area contributed by atoms with Crippen molar-refractivity contribution in [1.29, 1.82) is 0 Å². The fourth-order valence-corrected chi connectivity index (χ4v) is 3.84. The maximum atomic E-state index is 14.1. The van der Waals surface area contributed by atoms with Gasteiger partial charge in [-0.15, -0.1) is 5.10 Å². The average molecular weight is 418 g/mol. The molecule has 0 aliphatic heterocycles. The third kappa shape index (κ3) is 4.58. The predicted octanol–water partition coefficient (Wildman–Crippen LogP) is 5.39. The van der Waals surface area contributed by atoms with Gasteiger partial charge in [-0.2, -0.15) is 0 Å². The smallest absolute Gasteiger partial charge is 0.242 e. The molecule has 1 aromatic heterocycles. The summed E-state index contributed by atoms with van der Waals surface area (Å²) < 4.78 is 14.1. The highest BCUT2D eigenvalue weighted by molar-refractivity contribution is 8.00. The first-order valence-electron chi connectivity index (χ1n) is 9.36. The molecule has 0 bridgehead atoms. The van der Waals surface area contributed by atoms with Crippen molar-refractivity contribution in [2.75, 3.05) is 5.32 Å². The molecule has 1 heterocycles. The van der Waals surface area contributed by atoms with E-state index >= 15 is 0 Å². The summed E-state index contributed by atoms with van der Waals surface area (Å²) in [4.78, 5) is 17.5. The standard InChI is InChI=1S/C23H19FN4OS/c1-15-11-13-17(14-12-15)25-22(29)20(16-7-3-2-4-8-16)30-23-26-21(27-28-23)18-9-5-6-10-19(18)24/h2-14,20H,1H3,(H,25,29)(H,26,27,28). The quantitative estimate of drug-likeness (QED) is 0.412. The van der Waals surface area contributed by atoms with Crippen LogP contribution in [0.1, 0.15) is 16.4 Å². The first-order chi connectivity index (χ1) is 14.6. The first-order valence-corrected chi connectivity index (χ1v) is 10.2. The van der Waals surface area contributed by atoms with E-state index in [4.69, 9.17) is 0 Å². The summed E-state index contributed by atoms with van der Waals surface area (Å²) in [5.41, 5.74) is 2.99. The van der Waals surface area contributed by atoms with Gasteiger partial charge in [-0.05, 0) is 36.8 Å². The van der Waals surface area contributed by atoms with Crippen LogP contribution in [0.2, 0.25) is 0 Å². The molecule has 2 N–H and O–H groups in total. The summed E-state index contributed by atoms with van der Waals surface area (Å²) in [5.74, 6) is -0.254. The monoisotopic (exact) mass is 418 g/mol. The number of aromatic amines is 1. The van der Waals surface area contributed by atoms with Crippen molar-refractivity contribution in [2.24, 2.45) is 0 Å². The van der Waals surface area contributed by atoms with Crippen molar-refractivity contribution < 1.29 is 9.18 Å². The van der Waals surface area contributed by atoms with Crippen molar-refractivity contribution in [3.05, 3.63) is 95.8 Å². The van der Waals surface area contributed by atoms with Crippen molar-refractivity contribution in [3.8, 4) is 11.4 Å². The number of aromatic nitrogens is 3. The SMILES string of the molecule is Cc1ccc(NC(=O)C(Sc2n[nH]c(-c3ccccc3F)n2)c2ccccc2)cc1. The maximum Gasteiger partial charge on any atom is 0.242 e. The molecule has 1 unspecified atom stereocenters. The van der Waals surface area contributed by atoms with Crippen molar-refractivity contribution in [2.45, 2.75) is 17.3 Å². The Labute approximate surface area is 177 Å². The van der Waals surface area contributed by atoms with Gasteiger partial charge >= 0.3 is 0 Å². The number of anilines is 1. The zero-order valence-electron chi connectivity index (χ0n) is 16.2. The molecule has 0 spiro atoms. The maximum absolute atomic E-state index is 14.1. The predicted molar refractivity (Wildman–Crippen MR) is 117 cm³/mol. The molecule has 30 heavy (non-hydrogen) atoms. The number of benzene rings is 3. The van der Waals surface area contributed by atoms with Gasteiger partial charge in [0.25, 0.3) is 0 Å². The molecule has 0 fully saturated rings. The Hall–Kier alpha value is -3.45. The number of hydrogen-bond donors (Lipinski definition) is 2. The fraction of sp³-hybridized carbons (Fsp3) is 0.0870. The highest BCUT2D eigenvalue weighted by Gasteiger charge is 2.24. The number of H-pyrrole nitrogens is 1. The van der Waals surface area contributed by atoms with Crippen LogP contribution in [0.5, 0.6) is 0 Å². The lowest BCUT2D eigenvalue weighted by atomic mass is 10.1. The van der Waals surface area contributed by atoms with Gasteiger partial charge in [0.15, 0.2) is 5.82 Å². The summed E-state index contributed by atoms with van der Waals surface area (Å²) in [7, 11) is 0. The number of halogens is 1. The van der Waals surface area contributed by atoms with Crippen LogP contribution in [-0.2, 0) is 4.79 Å². The number of amides is 1. The van der Waals surface area contributed by atoms with E-state index in [2.05, 4.69) is 20.5 Å². The highest BCUT2D eigenvalue weighted by atomic mass is 32.2. The molecule has 1 atom stereocenters. The molecule has 0 saturated carbocycles. The Morgan fingerprint density at radius 2 is 1.70 bits per heavy atom. The van der Waals surface area contributed by atoms with Gasteiger partial charge in [-0.25, -0.2) is 9.37 Å². The van der Waals surface area contributed by atoms with E-state index in [0.29, 0.717) is 22.2 Å². The third-order valence-electron chi connectivity index (χ3n) is 4.48. The van der Waals surface area contributed by atoms with E-state index in [1.165, 1.54) is 17.8 Å². The lowest BCUT2D eigenvalue weighted by Crippen LogP contribution is -2.19. The summed E-state index contributed by atoms with van der Waals surface area (Å²) in [5, 5.41) is 9.68. The number of carbonyl (C=O) groups is 1. The van der Waals surface area contributed by atoms with Gasteiger partial charge in [-0.1, -0.05) is 71.9 Å². The molecule has 5 nitrogen and oxygen atoms in total. The molecule has 0 aliphatic rings. The summed E-state index contributed by atoms with van der Waals surface area (Å²) in [6.45, 7) is 1.99. The van der Waals surface area contributed by atoms with Crippen LogP contribution in [0, 0.1) is 12.7 Å². The van der Waals surface area contributed by atoms with E-state index in [9.17, 15) is 9.18 Å². The topological polar surface area (TPSA) is 70.7 Å². The van der Waals surface area contributed by atoms with Gasteiger partial charge in [0.1, 0.15) is 11.1 Å². The lowest BCUT2D eigenvalue weighted by molar-refractivity contribution is -0.115. The van der Waals surface area contributed by atoms with Gasteiger partial charge in [0.05, 0.1) is 5.56 Å². The molecule has 0 aliphatic carbocycles. The average Bonchev–Trinajstić information content (AvgIpc) is 3.23. The molecule has 4 aromatic rings. The van der Waals surface area contributed by atoms with E-state index in [1.807, 2.05) is 61.5 Å². The number of nitrogens with zero attached hydrogens (tertiary/aromatic N) is 2. The number of thioether (sulfide) groups is 1. The van der Waals surface area contributed by atoms with Crippen LogP contribution in [0.4, 0.5) is 10.1 Å². The minimum Gasteiger partial charge on any atom is -0.325 e. The van der Waals surface area contributed by atoms with Crippen LogP contribution in [0.15, 0.2) is 84.0 Å². The minimum absolute atomic E-state index is 0.188. The summed E-state index contributed by atoms with van der Waals surface area (Å²) in [6, 6.07) is 23.4. The normalized spacial score (nSPS) is 11.8. The van der Waals surface area contributed by atoms with Gasteiger partial charge in [-0.3, -0.25) is 9.89 Å². The van der Waals surface area contributed by atoms with Crippen LogP contribution >= 0.6 is 11.8 Å². The second-order valence-electron chi connectivity index (χ2n) is 6.71. The molecule has 7 heteroatoms. The molecule has 3 aromatic carbocycles. The van der Waals surface area contributed by atoms with E-state index < -0.39 is 5.25 Å². The van der Waals surface area contributed by atoms with E-state index in [-0.39, 0.29) is 11.7 Å². The molecule has 0 radical (unpaired) electrons. The minimum atomic E-state index is -0.572. The van der Waals surface area contributed by atoms with E-state index in [1.54, 1.807) is 18.2 Å². The van der Waals surface area contributed by atoms with Gasteiger partial charge in [0.2, 0.25) is 11.1 Å². The fourth-order valence-electron chi connectivity index (χ4n) is 2.92. The van der Waals surface area contributed by atoms with Gasteiger partial charge < -0.3 is 5.32 Å². The largest absolute Gasteiger partial charge is 0.325 e. The number of hydrogen-bond acceptors (Lipinski definition) is 4. The van der Waals surface area contributed by atoms with Crippen molar-refractivity contribution in [1.82, 2.24) is 15.2 Å². The Morgan fingerprint density at radius 3 is 2.43 bits per heavy atom. The number of carbonyl (C=O) groups excluding carboxylic acids is 1. The molecular weight excluding hydrogens is 399 g/mol. The zero-order chi connectivity index (χ0) is 20.9. The molecular formula is C23H19FN4OS. The number of rotatable bonds is 6. The summed E-state index contributed by atoms with van der Waals surface area (Å²) in [6.07, 6.45) is 0. The molecule has 0 saturated heterocycles. The van der Waals surface area contributed by atoms with Crippen molar-refractivity contribution in [3.63, 3.8) is 0 Å². The van der Waals surface area contributed by atoms with Gasteiger partial charge in [0, 0.05) is 5.69 Å². The van der Waals surface area contributed by atoms with E-state index in [0.717, 1.165) is 11.1 Å². The van der Waals surface area contributed by atoms with Crippen LogP contribution < -0.4 is 5.32 Å². The zero-order valence-corrected chi connectivity index (χ0v) is 17.0. The Bertz CT molecular complexity index is 1150. The summed E-state index contributed by atoms with van der Waals surface area (Å²) >= 11 is 1.21. The first kappa shape index (κ1) is 19.8. The second kappa shape index (κ2) is 8.92. The molecule has 150 valence electrons. The lowest BCUT2D eigenvalue weighted by Gasteiger charge is -2.15. The molecule has 4 rings (SSSR count). The van der Waals surface area contributed by atoms with Crippen molar-refractivity contribution >= 4 is 23.4 Å². The second-order valence-corrected chi connectivity index (χ2v) is 7.78. The van der Waals surface area contributed by atoms with Crippen LogP contribution in [0.3, 0.4) is 0 Å². The molecule has 1 amide bonds. The third-order valence-corrected chi connectivity index (χ3v) is 5.59. The van der Waals surface area contributed by atoms with Crippen LogP contribution in [-0.4, -0.2) is 21.1 Å².